The molecule has 0 bridgehead atoms. The van der Waals surface area contributed by atoms with Crippen molar-refractivity contribution in [3.63, 3.8) is 0 Å². The minimum Gasteiger partial charge on any atom is -0.370 e. The predicted octanol–water partition coefficient (Wildman–Crippen LogP) is 1.47. The molecule has 0 aromatic heterocycles. The van der Waals surface area contributed by atoms with Crippen molar-refractivity contribution in [2.45, 2.75) is 77.0 Å². The van der Waals surface area contributed by atoms with E-state index in [1.54, 1.807) is 0 Å². The number of unbranched alkanes of at least 4 members (excludes halogenated alkanes) is 7. The number of primary amides is 2. The quantitative estimate of drug-likeness (QED) is 0.290. The first-order valence-electron chi connectivity index (χ1n) is 10.0. The maximum Gasteiger partial charge on any atom is 0.217 e. The third-order valence-corrected chi connectivity index (χ3v) is 8.06. The van der Waals surface area contributed by atoms with Crippen molar-refractivity contribution >= 4 is 31.5 Å². The van der Waals surface area contributed by atoms with Crippen LogP contribution in [0.2, 0.25) is 0 Å². The second kappa shape index (κ2) is 14.8. The van der Waals surface area contributed by atoms with Crippen LogP contribution in [-0.2, 0) is 29.3 Å². The normalized spacial score (nSPS) is 12.1. The van der Waals surface area contributed by atoms with Gasteiger partial charge in [0, 0.05) is 12.8 Å². The molecular formula is C18H36N2O6S2. The van der Waals surface area contributed by atoms with E-state index in [0.29, 0.717) is 64.2 Å². The summed E-state index contributed by atoms with van der Waals surface area (Å²) in [5.41, 5.74) is 10.1. The second-order valence-corrected chi connectivity index (χ2v) is 11.9. The Balaban J connectivity index is 3.72. The van der Waals surface area contributed by atoms with E-state index in [-0.39, 0.29) is 47.7 Å². The summed E-state index contributed by atoms with van der Waals surface area (Å²) in [5.74, 6) is -0.252. The maximum absolute atomic E-state index is 11.9. The van der Waals surface area contributed by atoms with Crippen molar-refractivity contribution in [2.24, 2.45) is 11.5 Å². The molecule has 0 saturated heterocycles. The zero-order chi connectivity index (χ0) is 21.5. The van der Waals surface area contributed by atoms with Gasteiger partial charge in [0.2, 0.25) is 11.8 Å². The molecule has 4 N–H and O–H groups in total. The van der Waals surface area contributed by atoms with Crippen LogP contribution < -0.4 is 11.5 Å². The molecule has 0 aromatic rings. The van der Waals surface area contributed by atoms with Crippen molar-refractivity contribution in [3.8, 4) is 0 Å². The Kier molecular flexibility index (Phi) is 14.2. The highest BCUT2D eigenvalue weighted by Crippen LogP contribution is 2.09. The highest BCUT2D eigenvalue weighted by molar-refractivity contribution is 7.91. The first-order chi connectivity index (χ1) is 13.0. The van der Waals surface area contributed by atoms with Gasteiger partial charge in [-0.2, -0.15) is 0 Å². The van der Waals surface area contributed by atoms with Gasteiger partial charge in [-0.25, -0.2) is 16.8 Å². The molecule has 8 nitrogen and oxygen atoms in total. The van der Waals surface area contributed by atoms with Gasteiger partial charge in [-0.05, 0) is 38.5 Å². The summed E-state index contributed by atoms with van der Waals surface area (Å²) in [6, 6.07) is 0. The highest BCUT2D eigenvalue weighted by Gasteiger charge is 2.12. The lowest BCUT2D eigenvalue weighted by Gasteiger charge is -2.06. The maximum atomic E-state index is 11.9. The van der Waals surface area contributed by atoms with Crippen LogP contribution in [0.1, 0.15) is 77.0 Å². The van der Waals surface area contributed by atoms with Gasteiger partial charge in [-0.1, -0.05) is 25.7 Å². The summed E-state index contributed by atoms with van der Waals surface area (Å²) in [6.45, 7) is 0. The minimum atomic E-state index is -3.09. The van der Waals surface area contributed by atoms with Crippen molar-refractivity contribution in [2.75, 3.05) is 23.0 Å². The van der Waals surface area contributed by atoms with Gasteiger partial charge in [0.05, 0.1) is 23.0 Å². The summed E-state index contributed by atoms with van der Waals surface area (Å²) in [4.78, 5) is 21.2. The fourth-order valence-electron chi connectivity index (χ4n) is 2.80. The SMILES string of the molecule is NC(=O)CCCCCS(=O)(=O)CCCCCCS(=O)(=O)CCCCCC(N)=O. The van der Waals surface area contributed by atoms with Gasteiger partial charge >= 0.3 is 0 Å². The van der Waals surface area contributed by atoms with Crippen LogP contribution >= 0.6 is 0 Å². The molecule has 166 valence electrons. The predicted molar refractivity (Wildman–Crippen MR) is 111 cm³/mol. The van der Waals surface area contributed by atoms with E-state index in [2.05, 4.69) is 0 Å². The van der Waals surface area contributed by atoms with E-state index in [1.165, 1.54) is 0 Å². The van der Waals surface area contributed by atoms with Crippen molar-refractivity contribution in [1.29, 1.82) is 0 Å². The highest BCUT2D eigenvalue weighted by atomic mass is 32.2. The van der Waals surface area contributed by atoms with E-state index >= 15 is 0 Å². The number of hydrogen-bond acceptors (Lipinski definition) is 6. The van der Waals surface area contributed by atoms with Crippen molar-refractivity contribution in [1.82, 2.24) is 0 Å². The lowest BCUT2D eigenvalue weighted by molar-refractivity contribution is -0.119. The molecule has 0 saturated carbocycles. The van der Waals surface area contributed by atoms with E-state index in [0.717, 1.165) is 0 Å². The van der Waals surface area contributed by atoms with Gasteiger partial charge in [-0.3, -0.25) is 9.59 Å². The molecule has 28 heavy (non-hydrogen) atoms. The van der Waals surface area contributed by atoms with E-state index < -0.39 is 19.7 Å². The van der Waals surface area contributed by atoms with Crippen molar-refractivity contribution < 1.29 is 26.4 Å². The van der Waals surface area contributed by atoms with Gasteiger partial charge in [0.25, 0.3) is 0 Å². The molecule has 0 aliphatic carbocycles. The Labute approximate surface area is 169 Å². The number of rotatable bonds is 19. The smallest absolute Gasteiger partial charge is 0.217 e. The lowest BCUT2D eigenvalue weighted by atomic mass is 10.2. The number of nitrogens with two attached hydrogens (primary N) is 2. The zero-order valence-corrected chi connectivity index (χ0v) is 18.4. The molecule has 0 spiro atoms. The van der Waals surface area contributed by atoms with E-state index in [1.807, 2.05) is 0 Å². The van der Waals surface area contributed by atoms with Crippen LogP contribution in [0.4, 0.5) is 0 Å². The number of hydrogen-bond donors (Lipinski definition) is 2. The Bertz CT molecular complexity index is 602. The van der Waals surface area contributed by atoms with Crippen molar-refractivity contribution in [3.05, 3.63) is 0 Å². The third-order valence-electron chi connectivity index (χ3n) is 4.42. The number of amides is 2. The molecule has 0 heterocycles. The molecule has 0 atom stereocenters. The summed E-state index contributed by atoms with van der Waals surface area (Å²) in [5, 5.41) is 0. The fraction of sp³-hybridized carbons (Fsp3) is 0.889. The average Bonchev–Trinajstić information content (AvgIpc) is 2.56. The van der Waals surface area contributed by atoms with Gasteiger partial charge < -0.3 is 11.5 Å². The Morgan fingerprint density at radius 2 is 0.714 bits per heavy atom. The van der Waals surface area contributed by atoms with Crippen LogP contribution in [0, 0.1) is 0 Å². The largest absolute Gasteiger partial charge is 0.370 e. The topological polar surface area (TPSA) is 154 Å². The summed E-state index contributed by atoms with van der Waals surface area (Å²) >= 11 is 0. The molecule has 0 rings (SSSR count). The molecule has 2 amide bonds. The molecule has 0 aliphatic rings. The Hall–Kier alpha value is -1.16. The number of sulfone groups is 2. The number of carbonyl (C=O) groups excluding carboxylic acids is 2. The van der Waals surface area contributed by atoms with Crippen LogP contribution in [0.3, 0.4) is 0 Å². The molecule has 10 heteroatoms. The van der Waals surface area contributed by atoms with Crippen LogP contribution in [0.15, 0.2) is 0 Å². The first-order valence-corrected chi connectivity index (χ1v) is 13.7. The fourth-order valence-corrected chi connectivity index (χ4v) is 5.78. The summed E-state index contributed by atoms with van der Waals surface area (Å²) < 4.78 is 47.7. The molecule has 0 fully saturated rings. The van der Waals surface area contributed by atoms with Crippen LogP contribution in [-0.4, -0.2) is 51.7 Å². The Morgan fingerprint density at radius 3 is 0.964 bits per heavy atom. The molecule has 0 unspecified atom stereocenters. The Morgan fingerprint density at radius 1 is 0.464 bits per heavy atom. The standard InChI is InChI=1S/C18H36N2O6S2/c19-17(21)11-5-3-9-15-27(23,24)13-7-1-2-8-14-28(25,26)16-10-4-6-12-18(20)22/h1-16H2,(H2,19,21)(H2,20,22). The van der Waals surface area contributed by atoms with Crippen LogP contribution in [0.5, 0.6) is 0 Å². The molecular weight excluding hydrogens is 404 g/mol. The van der Waals surface area contributed by atoms with Gasteiger partial charge in [0.1, 0.15) is 19.7 Å². The third kappa shape index (κ3) is 18.2. The zero-order valence-electron chi connectivity index (χ0n) is 16.7. The molecule has 0 radical (unpaired) electrons. The molecule has 0 aromatic carbocycles. The average molecular weight is 441 g/mol. The monoisotopic (exact) mass is 440 g/mol. The summed E-state index contributed by atoms with van der Waals surface area (Å²) in [6.07, 6.45) is 6.67. The van der Waals surface area contributed by atoms with Crippen LogP contribution in [0.25, 0.3) is 0 Å². The summed E-state index contributed by atoms with van der Waals surface area (Å²) in [7, 11) is -6.18. The molecule has 0 aliphatic heterocycles. The van der Waals surface area contributed by atoms with E-state index in [9.17, 15) is 26.4 Å². The van der Waals surface area contributed by atoms with Gasteiger partial charge in [-0.15, -0.1) is 0 Å². The minimum absolute atomic E-state index is 0.120. The first kappa shape index (κ1) is 26.8. The number of carbonyl (C=O) groups is 2. The lowest BCUT2D eigenvalue weighted by Crippen LogP contribution is -2.13. The van der Waals surface area contributed by atoms with E-state index in [4.69, 9.17) is 11.5 Å². The van der Waals surface area contributed by atoms with Gasteiger partial charge in [0.15, 0.2) is 0 Å². The second-order valence-electron chi connectivity index (χ2n) is 7.27.